The third kappa shape index (κ3) is 3.37. The van der Waals surface area contributed by atoms with Gasteiger partial charge in [-0.25, -0.2) is 9.97 Å². The van der Waals surface area contributed by atoms with Crippen molar-refractivity contribution in [1.29, 1.82) is 0 Å². The molecule has 1 aromatic heterocycles. The van der Waals surface area contributed by atoms with Crippen LogP contribution in [0.4, 0.5) is 0 Å². The minimum absolute atomic E-state index is 0.0192. The number of nitrogens with zero attached hydrogens (tertiary/aromatic N) is 2. The molecule has 0 amide bonds. The first-order valence-electron chi connectivity index (χ1n) is 5.88. The van der Waals surface area contributed by atoms with Gasteiger partial charge in [0.25, 0.3) is 0 Å². The predicted molar refractivity (Wildman–Crippen MR) is 64.8 cm³/mol. The molecule has 2 rings (SSSR count). The van der Waals surface area contributed by atoms with E-state index in [1.807, 2.05) is 6.92 Å². The van der Waals surface area contributed by atoms with Gasteiger partial charge < -0.3 is 9.47 Å². The van der Waals surface area contributed by atoms with Crippen LogP contribution in [0.25, 0.3) is 0 Å². The van der Waals surface area contributed by atoms with Crippen LogP contribution in [0.5, 0.6) is 0 Å². The minimum atomic E-state index is -0.0192. The Hall–Kier alpha value is -0.710. The molecule has 0 spiro atoms. The topological polar surface area (TPSA) is 44.2 Å². The maximum atomic E-state index is 5.99. The zero-order valence-electron chi connectivity index (χ0n) is 10.1. The third-order valence-electron chi connectivity index (χ3n) is 2.71. The van der Waals surface area contributed by atoms with Crippen molar-refractivity contribution in [2.45, 2.75) is 32.5 Å². The van der Waals surface area contributed by atoms with Gasteiger partial charge in [-0.1, -0.05) is 11.6 Å². The summed E-state index contributed by atoms with van der Waals surface area (Å²) in [5.74, 6) is 1.23. The van der Waals surface area contributed by atoms with Crippen LogP contribution in [-0.2, 0) is 16.1 Å². The monoisotopic (exact) mass is 256 g/mol. The lowest BCUT2D eigenvalue weighted by Gasteiger charge is -2.15. The Labute approximate surface area is 106 Å². The normalized spacial score (nSPS) is 17.1. The van der Waals surface area contributed by atoms with Gasteiger partial charge in [0, 0.05) is 13.7 Å². The van der Waals surface area contributed by atoms with Gasteiger partial charge in [0.15, 0.2) is 5.82 Å². The lowest BCUT2D eigenvalue weighted by molar-refractivity contribution is 0.0395. The molecular weight excluding hydrogens is 240 g/mol. The summed E-state index contributed by atoms with van der Waals surface area (Å²) >= 11 is 5.99. The van der Waals surface area contributed by atoms with Crippen LogP contribution in [0.1, 0.15) is 37.4 Å². The molecule has 0 bridgehead atoms. The van der Waals surface area contributed by atoms with Crippen molar-refractivity contribution < 1.29 is 9.47 Å². The van der Waals surface area contributed by atoms with Crippen molar-refractivity contribution >= 4 is 11.6 Å². The molecule has 1 aliphatic rings. The third-order valence-corrected chi connectivity index (χ3v) is 2.90. The van der Waals surface area contributed by atoms with Crippen molar-refractivity contribution in [3.05, 3.63) is 22.7 Å². The first kappa shape index (κ1) is 12.7. The van der Waals surface area contributed by atoms with Crippen molar-refractivity contribution in [3.8, 4) is 0 Å². The number of methoxy groups -OCH3 is 1. The predicted octanol–water partition coefficient (Wildman–Crippen LogP) is 2.76. The quantitative estimate of drug-likeness (QED) is 0.734. The van der Waals surface area contributed by atoms with E-state index in [2.05, 4.69) is 9.97 Å². The number of hydrogen-bond donors (Lipinski definition) is 0. The second-order valence-electron chi connectivity index (χ2n) is 4.19. The van der Waals surface area contributed by atoms with Crippen molar-refractivity contribution in [1.82, 2.24) is 9.97 Å². The van der Waals surface area contributed by atoms with Crippen LogP contribution in [-0.4, -0.2) is 23.7 Å². The second-order valence-corrected chi connectivity index (χ2v) is 4.57. The fraction of sp³-hybridized carbons (Fsp3) is 0.667. The maximum absolute atomic E-state index is 5.99. The molecule has 0 aromatic carbocycles. The molecule has 1 atom stereocenters. The molecule has 94 valence electrons. The molecule has 0 N–H and O–H groups in total. The van der Waals surface area contributed by atoms with Gasteiger partial charge >= 0.3 is 0 Å². The molecule has 1 unspecified atom stereocenters. The van der Waals surface area contributed by atoms with Gasteiger partial charge in [-0.2, -0.15) is 0 Å². The SMILES string of the molecule is CCOC(c1nc(Cl)cc(COC)n1)C1CC1. The lowest BCUT2D eigenvalue weighted by atomic mass is 10.2. The fourth-order valence-corrected chi connectivity index (χ4v) is 2.05. The number of rotatable bonds is 6. The Morgan fingerprint density at radius 2 is 2.24 bits per heavy atom. The van der Waals surface area contributed by atoms with E-state index in [-0.39, 0.29) is 6.10 Å². The van der Waals surface area contributed by atoms with Crippen molar-refractivity contribution in [2.24, 2.45) is 5.92 Å². The summed E-state index contributed by atoms with van der Waals surface area (Å²) in [6.07, 6.45) is 2.34. The van der Waals surface area contributed by atoms with Crippen LogP contribution < -0.4 is 0 Å². The Morgan fingerprint density at radius 1 is 1.47 bits per heavy atom. The summed E-state index contributed by atoms with van der Waals surface area (Å²) in [7, 11) is 1.64. The van der Waals surface area contributed by atoms with Gasteiger partial charge in [-0.15, -0.1) is 0 Å². The smallest absolute Gasteiger partial charge is 0.159 e. The molecule has 1 fully saturated rings. The van der Waals surface area contributed by atoms with Gasteiger partial charge in [0.2, 0.25) is 0 Å². The van der Waals surface area contributed by atoms with E-state index in [4.69, 9.17) is 21.1 Å². The summed E-state index contributed by atoms with van der Waals surface area (Å²) in [4.78, 5) is 8.73. The van der Waals surface area contributed by atoms with Gasteiger partial charge in [0.05, 0.1) is 12.3 Å². The first-order valence-corrected chi connectivity index (χ1v) is 6.26. The Morgan fingerprint density at radius 3 is 2.82 bits per heavy atom. The molecular formula is C12H17ClN2O2. The molecule has 1 saturated carbocycles. The number of hydrogen-bond acceptors (Lipinski definition) is 4. The van der Waals surface area contributed by atoms with Gasteiger partial charge in [-0.3, -0.25) is 0 Å². The molecule has 17 heavy (non-hydrogen) atoms. The van der Waals surface area contributed by atoms with E-state index in [1.54, 1.807) is 13.2 Å². The molecule has 0 aliphatic heterocycles. The number of ether oxygens (including phenoxy) is 2. The van der Waals surface area contributed by atoms with E-state index >= 15 is 0 Å². The first-order chi connectivity index (χ1) is 8.24. The zero-order valence-corrected chi connectivity index (χ0v) is 10.9. The highest BCUT2D eigenvalue weighted by molar-refractivity contribution is 6.29. The molecule has 0 radical (unpaired) electrons. The lowest BCUT2D eigenvalue weighted by Crippen LogP contribution is -2.12. The summed E-state index contributed by atoms with van der Waals surface area (Å²) in [6.45, 7) is 3.09. The number of halogens is 1. The average Bonchev–Trinajstić information content (AvgIpc) is 3.09. The standard InChI is InChI=1S/C12H17ClN2O2/c1-3-17-11(8-4-5-8)12-14-9(7-16-2)6-10(13)15-12/h6,8,11H,3-5,7H2,1-2H3. The minimum Gasteiger partial charge on any atom is -0.378 e. The highest BCUT2D eigenvalue weighted by atomic mass is 35.5. The maximum Gasteiger partial charge on any atom is 0.159 e. The van der Waals surface area contributed by atoms with Crippen molar-refractivity contribution in [3.63, 3.8) is 0 Å². The largest absolute Gasteiger partial charge is 0.378 e. The Kier molecular flexibility index (Phi) is 4.31. The summed E-state index contributed by atoms with van der Waals surface area (Å²) in [6, 6.07) is 1.73. The van der Waals surface area contributed by atoms with E-state index in [0.717, 1.165) is 5.69 Å². The molecule has 1 aromatic rings. The summed E-state index contributed by atoms with van der Waals surface area (Å²) in [5.41, 5.74) is 0.799. The highest BCUT2D eigenvalue weighted by Gasteiger charge is 2.35. The van der Waals surface area contributed by atoms with E-state index in [0.29, 0.717) is 30.1 Å². The van der Waals surface area contributed by atoms with E-state index in [9.17, 15) is 0 Å². The van der Waals surface area contributed by atoms with Crippen LogP contribution >= 0.6 is 11.6 Å². The number of aromatic nitrogens is 2. The molecule has 1 aliphatic carbocycles. The van der Waals surface area contributed by atoms with Crippen LogP contribution in [0.2, 0.25) is 5.15 Å². The van der Waals surface area contributed by atoms with Gasteiger partial charge in [0.1, 0.15) is 11.3 Å². The highest BCUT2D eigenvalue weighted by Crippen LogP contribution is 2.42. The Bertz CT molecular complexity index is 383. The zero-order chi connectivity index (χ0) is 12.3. The van der Waals surface area contributed by atoms with Gasteiger partial charge in [-0.05, 0) is 31.7 Å². The van der Waals surface area contributed by atoms with Crippen LogP contribution in [0, 0.1) is 5.92 Å². The Balaban J connectivity index is 2.22. The van der Waals surface area contributed by atoms with Crippen LogP contribution in [0.15, 0.2) is 6.07 Å². The van der Waals surface area contributed by atoms with Crippen molar-refractivity contribution in [2.75, 3.05) is 13.7 Å². The molecule has 1 heterocycles. The summed E-state index contributed by atoms with van der Waals surface area (Å²) in [5, 5.41) is 0.451. The average molecular weight is 257 g/mol. The van der Waals surface area contributed by atoms with Crippen LogP contribution in [0.3, 0.4) is 0 Å². The molecule has 0 saturated heterocycles. The molecule has 5 heteroatoms. The van der Waals surface area contributed by atoms with E-state index in [1.165, 1.54) is 12.8 Å². The summed E-state index contributed by atoms with van der Waals surface area (Å²) < 4.78 is 10.8. The molecule has 4 nitrogen and oxygen atoms in total. The second kappa shape index (κ2) is 5.76. The fourth-order valence-electron chi connectivity index (χ4n) is 1.83. The van der Waals surface area contributed by atoms with E-state index < -0.39 is 0 Å².